The number of hydrogen-bond donors (Lipinski definition) is 1. The molecule has 3 aromatic rings. The first-order valence-corrected chi connectivity index (χ1v) is 9.64. The molecule has 0 atom stereocenters. The highest BCUT2D eigenvalue weighted by atomic mass is 19.4. The number of pyridine rings is 1. The van der Waals surface area contributed by atoms with E-state index in [4.69, 9.17) is 0 Å². The Morgan fingerprint density at radius 2 is 1.88 bits per heavy atom. The van der Waals surface area contributed by atoms with Gasteiger partial charge in [-0.15, -0.1) is 10.2 Å². The predicted molar refractivity (Wildman–Crippen MR) is 104 cm³/mol. The van der Waals surface area contributed by atoms with Crippen LogP contribution in [0.15, 0.2) is 48.8 Å². The fourth-order valence-electron chi connectivity index (χ4n) is 3.98. The molecule has 1 saturated carbocycles. The lowest BCUT2D eigenvalue weighted by Crippen LogP contribution is -2.51. The van der Waals surface area contributed by atoms with Gasteiger partial charge in [-0.25, -0.2) is 13.8 Å². The molecule has 0 radical (unpaired) electrons. The highest BCUT2D eigenvalue weighted by Crippen LogP contribution is 2.55. The quantitative estimate of drug-likeness (QED) is 0.584. The lowest BCUT2D eigenvalue weighted by atomic mass is 9.60. The van der Waals surface area contributed by atoms with Gasteiger partial charge in [-0.05, 0) is 29.8 Å². The summed E-state index contributed by atoms with van der Waals surface area (Å²) in [7, 11) is 1.72. The van der Waals surface area contributed by atoms with E-state index >= 15 is 0 Å². The SMILES string of the molecule is Cn1cnnc1CC1(c2cccc(NC(=O)c3cccc(C(F)(F)F)n3)c2)CC(F)(F)C1. The number of alkyl halides is 5. The van der Waals surface area contributed by atoms with Crippen LogP contribution in [0.4, 0.5) is 27.6 Å². The van der Waals surface area contributed by atoms with E-state index in [1.807, 2.05) is 0 Å². The Balaban J connectivity index is 1.59. The van der Waals surface area contributed by atoms with Gasteiger partial charge in [0.2, 0.25) is 5.92 Å². The summed E-state index contributed by atoms with van der Waals surface area (Å²) in [6, 6.07) is 9.39. The van der Waals surface area contributed by atoms with Gasteiger partial charge in [0.15, 0.2) is 0 Å². The number of aryl methyl sites for hydroxylation is 1. The molecule has 2 aromatic heterocycles. The number of halogens is 5. The minimum absolute atomic E-state index is 0.228. The maximum Gasteiger partial charge on any atom is 0.433 e. The minimum atomic E-state index is -4.68. The molecular formula is C21H18F5N5O. The van der Waals surface area contributed by atoms with Crippen molar-refractivity contribution in [2.75, 3.05) is 5.32 Å². The summed E-state index contributed by atoms with van der Waals surface area (Å²) < 4.78 is 68.1. The average molecular weight is 451 g/mol. The zero-order valence-electron chi connectivity index (χ0n) is 16.8. The largest absolute Gasteiger partial charge is 0.433 e. The molecule has 2 heterocycles. The highest BCUT2D eigenvalue weighted by Gasteiger charge is 2.57. The summed E-state index contributed by atoms with van der Waals surface area (Å²) in [6.45, 7) is 0. The Labute approximate surface area is 179 Å². The van der Waals surface area contributed by atoms with Crippen molar-refractivity contribution in [3.8, 4) is 0 Å². The number of carbonyl (C=O) groups excluding carboxylic acids is 1. The van der Waals surface area contributed by atoms with Crippen molar-refractivity contribution < 1.29 is 26.7 Å². The van der Waals surface area contributed by atoms with Gasteiger partial charge in [-0.2, -0.15) is 13.2 Å². The van der Waals surface area contributed by atoms with E-state index in [0.717, 1.165) is 18.2 Å². The van der Waals surface area contributed by atoms with Crippen LogP contribution < -0.4 is 5.32 Å². The van der Waals surface area contributed by atoms with Crippen LogP contribution in [0.3, 0.4) is 0 Å². The van der Waals surface area contributed by atoms with Gasteiger partial charge in [-0.1, -0.05) is 18.2 Å². The highest BCUT2D eigenvalue weighted by molar-refractivity contribution is 6.02. The van der Waals surface area contributed by atoms with Crippen LogP contribution in [-0.4, -0.2) is 31.6 Å². The third kappa shape index (κ3) is 4.32. The zero-order valence-corrected chi connectivity index (χ0v) is 16.8. The molecule has 32 heavy (non-hydrogen) atoms. The molecule has 11 heteroatoms. The predicted octanol–water partition coefficient (Wildman–Crippen LogP) is 4.39. The van der Waals surface area contributed by atoms with E-state index < -0.39 is 34.8 Å². The normalized spacial score (nSPS) is 16.9. The molecule has 1 aliphatic carbocycles. The molecule has 168 valence electrons. The fourth-order valence-corrected chi connectivity index (χ4v) is 3.98. The topological polar surface area (TPSA) is 72.7 Å². The van der Waals surface area contributed by atoms with Gasteiger partial charge in [0, 0.05) is 37.4 Å². The summed E-state index contributed by atoms with van der Waals surface area (Å²) >= 11 is 0. The number of hydrogen-bond acceptors (Lipinski definition) is 4. The number of carbonyl (C=O) groups is 1. The van der Waals surface area contributed by atoms with Gasteiger partial charge < -0.3 is 9.88 Å². The summed E-state index contributed by atoms with van der Waals surface area (Å²) in [5.74, 6) is -3.11. The van der Waals surface area contributed by atoms with Gasteiger partial charge in [0.05, 0.1) is 0 Å². The molecule has 1 fully saturated rings. The van der Waals surface area contributed by atoms with Crippen molar-refractivity contribution in [2.24, 2.45) is 7.05 Å². The summed E-state index contributed by atoms with van der Waals surface area (Å²) in [5.41, 5.74) is -1.66. The van der Waals surface area contributed by atoms with Crippen LogP contribution in [0.1, 0.15) is 40.4 Å². The molecule has 0 saturated heterocycles. The third-order valence-corrected chi connectivity index (χ3v) is 5.50. The first kappa shape index (κ1) is 21.8. The molecule has 1 aliphatic rings. The van der Waals surface area contributed by atoms with E-state index in [1.54, 1.807) is 29.8 Å². The maximum atomic E-state index is 13.9. The van der Waals surface area contributed by atoms with Crippen molar-refractivity contribution in [3.05, 3.63) is 71.6 Å². The van der Waals surface area contributed by atoms with Crippen LogP contribution >= 0.6 is 0 Å². The van der Waals surface area contributed by atoms with Crippen LogP contribution in [-0.2, 0) is 25.1 Å². The smallest absolute Gasteiger partial charge is 0.321 e. The first-order chi connectivity index (χ1) is 15.0. The Bertz CT molecular complexity index is 1150. The monoisotopic (exact) mass is 451 g/mol. The minimum Gasteiger partial charge on any atom is -0.321 e. The van der Waals surface area contributed by atoms with E-state index in [-0.39, 0.29) is 24.9 Å². The number of rotatable bonds is 5. The Morgan fingerprint density at radius 1 is 1.16 bits per heavy atom. The second kappa shape index (κ2) is 7.64. The van der Waals surface area contributed by atoms with Crippen molar-refractivity contribution in [2.45, 2.75) is 36.8 Å². The van der Waals surface area contributed by atoms with E-state index in [9.17, 15) is 26.7 Å². The van der Waals surface area contributed by atoms with Crippen LogP contribution in [0.25, 0.3) is 0 Å². The maximum absolute atomic E-state index is 13.9. The van der Waals surface area contributed by atoms with Crippen molar-refractivity contribution >= 4 is 11.6 Å². The second-order valence-electron chi connectivity index (χ2n) is 7.97. The number of nitrogens with one attached hydrogen (secondary N) is 1. The molecule has 4 rings (SSSR count). The number of amides is 1. The molecule has 0 unspecified atom stereocenters. The molecule has 0 aliphatic heterocycles. The van der Waals surface area contributed by atoms with E-state index in [0.29, 0.717) is 11.4 Å². The lowest BCUT2D eigenvalue weighted by Gasteiger charge is -2.47. The molecule has 1 aromatic carbocycles. The standard InChI is InChI=1S/C21H18F5N5O/c1-31-12-27-30-17(31)9-19(10-20(22,23)11-19)13-4-2-5-14(8-13)28-18(32)15-6-3-7-16(29-15)21(24,25)26/h2-8,12H,9-11H2,1H3,(H,28,32). The van der Waals surface area contributed by atoms with E-state index in [2.05, 4.69) is 20.5 Å². The van der Waals surface area contributed by atoms with Gasteiger partial charge in [0.25, 0.3) is 5.91 Å². The number of benzene rings is 1. The van der Waals surface area contributed by atoms with Gasteiger partial charge in [0.1, 0.15) is 23.5 Å². The van der Waals surface area contributed by atoms with Crippen LogP contribution in [0.2, 0.25) is 0 Å². The molecule has 1 amide bonds. The summed E-state index contributed by atoms with van der Waals surface area (Å²) in [5, 5.41) is 10.3. The Hall–Kier alpha value is -3.37. The van der Waals surface area contributed by atoms with E-state index in [1.165, 1.54) is 12.4 Å². The average Bonchev–Trinajstić information content (AvgIpc) is 3.10. The fraction of sp³-hybridized carbons (Fsp3) is 0.333. The van der Waals surface area contributed by atoms with Gasteiger partial charge >= 0.3 is 6.18 Å². The third-order valence-electron chi connectivity index (χ3n) is 5.50. The van der Waals surface area contributed by atoms with Crippen molar-refractivity contribution in [1.29, 1.82) is 0 Å². The zero-order chi connectivity index (χ0) is 23.1. The summed E-state index contributed by atoms with van der Waals surface area (Å²) in [4.78, 5) is 15.8. The molecule has 1 N–H and O–H groups in total. The Morgan fingerprint density at radius 3 is 2.50 bits per heavy atom. The number of aromatic nitrogens is 4. The summed E-state index contributed by atoms with van der Waals surface area (Å²) in [6.07, 6.45) is -3.75. The lowest BCUT2D eigenvalue weighted by molar-refractivity contribution is -0.141. The van der Waals surface area contributed by atoms with Crippen molar-refractivity contribution in [1.82, 2.24) is 19.7 Å². The second-order valence-corrected chi connectivity index (χ2v) is 7.97. The molecule has 6 nitrogen and oxygen atoms in total. The van der Waals surface area contributed by atoms with Crippen molar-refractivity contribution in [3.63, 3.8) is 0 Å². The Kier molecular flexibility index (Phi) is 5.22. The molecule has 0 spiro atoms. The molecule has 0 bridgehead atoms. The first-order valence-electron chi connectivity index (χ1n) is 9.64. The van der Waals surface area contributed by atoms with Gasteiger partial charge in [-0.3, -0.25) is 4.79 Å². The molecular weight excluding hydrogens is 433 g/mol. The number of anilines is 1. The van der Waals surface area contributed by atoms with Crippen LogP contribution in [0.5, 0.6) is 0 Å². The number of nitrogens with zero attached hydrogens (tertiary/aromatic N) is 4. The van der Waals surface area contributed by atoms with Crippen LogP contribution in [0, 0.1) is 0 Å².